The third kappa shape index (κ3) is 2.44. The Morgan fingerprint density at radius 3 is 2.48 bits per heavy atom. The quantitative estimate of drug-likeness (QED) is 0.722. The molecule has 6 nitrogen and oxygen atoms in total. The minimum Gasteiger partial charge on any atom is -0.381 e. The number of piperidine rings is 1. The lowest BCUT2D eigenvalue weighted by molar-refractivity contribution is -0.134. The summed E-state index contributed by atoms with van der Waals surface area (Å²) in [5, 5.41) is 0. The van der Waals surface area contributed by atoms with Gasteiger partial charge in [-0.2, -0.15) is 0 Å². The van der Waals surface area contributed by atoms with Crippen molar-refractivity contribution in [2.45, 2.75) is 31.2 Å². The maximum Gasteiger partial charge on any atom is 0.327 e. The van der Waals surface area contributed by atoms with Gasteiger partial charge in [-0.25, -0.2) is 4.79 Å². The summed E-state index contributed by atoms with van der Waals surface area (Å²) in [5.41, 5.74) is -0.585. The van der Waals surface area contributed by atoms with E-state index >= 15 is 0 Å². The number of hydrogen-bond donors (Lipinski definition) is 0. The van der Waals surface area contributed by atoms with Crippen LogP contribution in [0.1, 0.15) is 25.7 Å². The highest BCUT2D eigenvalue weighted by Gasteiger charge is 2.55. The van der Waals surface area contributed by atoms with Crippen LogP contribution in [0, 0.1) is 5.92 Å². The minimum absolute atomic E-state index is 0.0288. The first-order valence-corrected chi connectivity index (χ1v) is 7.90. The Morgan fingerprint density at radius 2 is 1.95 bits per heavy atom. The molecule has 3 aliphatic heterocycles. The summed E-state index contributed by atoms with van der Waals surface area (Å²) >= 11 is 0. The topological polar surface area (TPSA) is 53.1 Å². The lowest BCUT2D eigenvalue weighted by atomic mass is 9.86. The lowest BCUT2D eigenvalue weighted by Crippen LogP contribution is -2.55. The van der Waals surface area contributed by atoms with Gasteiger partial charge in [0.25, 0.3) is 5.91 Å². The molecule has 0 aromatic rings. The molecule has 0 saturated carbocycles. The van der Waals surface area contributed by atoms with Gasteiger partial charge in [-0.15, -0.1) is 0 Å². The second-order valence-corrected chi connectivity index (χ2v) is 6.60. The Bertz CT molecular complexity index is 426. The largest absolute Gasteiger partial charge is 0.381 e. The predicted octanol–water partition coefficient (Wildman–Crippen LogP) is 0.771. The molecule has 0 N–H and O–H groups in total. The SMILES string of the molecule is CN1C(=O)N(C)C2(CCN(CCC3CCOC3)CC2)C1=O. The molecule has 0 aromatic heterocycles. The van der Waals surface area contributed by atoms with E-state index in [-0.39, 0.29) is 11.9 Å². The standard InChI is InChI=1S/C15H25N3O3/c1-16-13(19)15(17(2)14(16)20)5-8-18(9-6-15)7-3-12-4-10-21-11-12/h12H,3-11H2,1-2H3. The molecule has 3 heterocycles. The molecule has 3 fully saturated rings. The first-order valence-electron chi connectivity index (χ1n) is 7.90. The Kier molecular flexibility index (Phi) is 3.92. The van der Waals surface area contributed by atoms with E-state index in [9.17, 15) is 9.59 Å². The van der Waals surface area contributed by atoms with Crippen LogP contribution in [0.5, 0.6) is 0 Å². The number of urea groups is 1. The fourth-order valence-electron chi connectivity index (χ4n) is 3.82. The molecular weight excluding hydrogens is 270 g/mol. The van der Waals surface area contributed by atoms with Crippen LogP contribution in [0.3, 0.4) is 0 Å². The fourth-order valence-corrected chi connectivity index (χ4v) is 3.82. The van der Waals surface area contributed by atoms with Crippen molar-refractivity contribution in [2.75, 3.05) is 46.9 Å². The van der Waals surface area contributed by atoms with E-state index in [4.69, 9.17) is 4.74 Å². The van der Waals surface area contributed by atoms with Gasteiger partial charge in [0.05, 0.1) is 0 Å². The average Bonchev–Trinajstić information content (AvgIpc) is 3.08. The summed E-state index contributed by atoms with van der Waals surface area (Å²) < 4.78 is 5.41. The van der Waals surface area contributed by atoms with Gasteiger partial charge in [0, 0.05) is 40.4 Å². The second kappa shape index (κ2) is 5.57. The third-order valence-electron chi connectivity index (χ3n) is 5.48. The number of hydrogen-bond acceptors (Lipinski definition) is 4. The molecule has 3 aliphatic rings. The summed E-state index contributed by atoms with van der Waals surface area (Å²) in [7, 11) is 3.34. The molecule has 118 valence electrons. The number of ether oxygens (including phenoxy) is 1. The Morgan fingerprint density at radius 1 is 1.24 bits per heavy atom. The highest BCUT2D eigenvalue weighted by molar-refractivity contribution is 6.06. The van der Waals surface area contributed by atoms with Crippen molar-refractivity contribution < 1.29 is 14.3 Å². The molecule has 0 aliphatic carbocycles. The van der Waals surface area contributed by atoms with E-state index in [0.29, 0.717) is 5.92 Å². The molecular formula is C15H25N3O3. The van der Waals surface area contributed by atoms with Crippen LogP contribution < -0.4 is 0 Å². The number of amides is 3. The van der Waals surface area contributed by atoms with E-state index < -0.39 is 5.54 Å². The summed E-state index contributed by atoms with van der Waals surface area (Å²) in [5.74, 6) is 0.670. The van der Waals surface area contributed by atoms with Crippen LogP contribution in [0.25, 0.3) is 0 Å². The zero-order valence-corrected chi connectivity index (χ0v) is 13.0. The van der Waals surface area contributed by atoms with E-state index in [2.05, 4.69) is 4.90 Å². The van der Waals surface area contributed by atoms with Crippen LogP contribution in [0.4, 0.5) is 4.79 Å². The molecule has 3 amide bonds. The van der Waals surface area contributed by atoms with Crippen molar-refractivity contribution in [3.05, 3.63) is 0 Å². The third-order valence-corrected chi connectivity index (χ3v) is 5.48. The van der Waals surface area contributed by atoms with E-state index in [1.165, 1.54) is 17.7 Å². The molecule has 1 unspecified atom stereocenters. The van der Waals surface area contributed by atoms with Crippen molar-refractivity contribution in [3.63, 3.8) is 0 Å². The maximum atomic E-state index is 12.4. The summed E-state index contributed by atoms with van der Waals surface area (Å²) in [6, 6.07) is -0.170. The smallest absolute Gasteiger partial charge is 0.327 e. The monoisotopic (exact) mass is 295 g/mol. The van der Waals surface area contributed by atoms with Crippen molar-refractivity contribution in [1.29, 1.82) is 0 Å². The zero-order valence-electron chi connectivity index (χ0n) is 13.0. The van der Waals surface area contributed by atoms with Crippen molar-refractivity contribution in [1.82, 2.24) is 14.7 Å². The molecule has 0 aromatic carbocycles. The molecule has 0 radical (unpaired) electrons. The minimum atomic E-state index is -0.585. The Hall–Kier alpha value is -1.14. The van der Waals surface area contributed by atoms with Crippen LogP contribution in [0.15, 0.2) is 0 Å². The van der Waals surface area contributed by atoms with Crippen molar-refractivity contribution in [3.8, 4) is 0 Å². The highest BCUT2D eigenvalue weighted by atomic mass is 16.5. The first-order chi connectivity index (χ1) is 10.0. The number of likely N-dealkylation sites (N-methyl/N-ethyl adjacent to an activating group) is 2. The van der Waals surface area contributed by atoms with E-state index in [1.807, 2.05) is 0 Å². The number of imide groups is 1. The van der Waals surface area contributed by atoms with Gasteiger partial charge in [-0.3, -0.25) is 9.69 Å². The zero-order chi connectivity index (χ0) is 15.0. The molecule has 1 atom stereocenters. The average molecular weight is 295 g/mol. The fraction of sp³-hybridized carbons (Fsp3) is 0.867. The molecule has 0 bridgehead atoms. The van der Waals surface area contributed by atoms with Crippen LogP contribution >= 0.6 is 0 Å². The number of likely N-dealkylation sites (tertiary alicyclic amines) is 1. The van der Waals surface area contributed by atoms with Crippen LogP contribution in [0.2, 0.25) is 0 Å². The van der Waals surface area contributed by atoms with Gasteiger partial charge in [0.1, 0.15) is 5.54 Å². The van der Waals surface area contributed by atoms with Crippen LogP contribution in [-0.4, -0.2) is 79.1 Å². The van der Waals surface area contributed by atoms with Crippen molar-refractivity contribution in [2.24, 2.45) is 5.92 Å². The number of carbonyl (C=O) groups excluding carboxylic acids is 2. The maximum absolute atomic E-state index is 12.4. The first kappa shape index (κ1) is 14.8. The summed E-state index contributed by atoms with van der Waals surface area (Å²) in [6.07, 6.45) is 3.85. The highest BCUT2D eigenvalue weighted by Crippen LogP contribution is 2.35. The van der Waals surface area contributed by atoms with Gasteiger partial charge in [-0.05, 0) is 38.1 Å². The number of carbonyl (C=O) groups is 2. The van der Waals surface area contributed by atoms with Gasteiger partial charge >= 0.3 is 6.03 Å². The van der Waals surface area contributed by atoms with E-state index in [0.717, 1.165) is 45.7 Å². The Labute approximate surface area is 126 Å². The molecule has 3 rings (SSSR count). The molecule has 21 heavy (non-hydrogen) atoms. The summed E-state index contributed by atoms with van der Waals surface area (Å²) in [4.78, 5) is 29.7. The number of rotatable bonds is 3. The lowest BCUT2D eigenvalue weighted by Gasteiger charge is -2.41. The second-order valence-electron chi connectivity index (χ2n) is 6.60. The van der Waals surface area contributed by atoms with Crippen LogP contribution in [-0.2, 0) is 9.53 Å². The van der Waals surface area contributed by atoms with E-state index in [1.54, 1.807) is 19.0 Å². The van der Waals surface area contributed by atoms with Gasteiger partial charge in [-0.1, -0.05) is 0 Å². The van der Waals surface area contributed by atoms with Gasteiger partial charge < -0.3 is 14.5 Å². The molecule has 3 saturated heterocycles. The molecule has 1 spiro atoms. The normalized spacial score (nSPS) is 29.9. The van der Waals surface area contributed by atoms with Crippen molar-refractivity contribution >= 4 is 11.9 Å². The summed E-state index contributed by atoms with van der Waals surface area (Å²) in [6.45, 7) is 4.67. The number of nitrogens with zero attached hydrogens (tertiary/aromatic N) is 3. The molecule has 6 heteroatoms. The van der Waals surface area contributed by atoms with Gasteiger partial charge in [0.2, 0.25) is 0 Å². The predicted molar refractivity (Wildman–Crippen MR) is 77.9 cm³/mol. The Balaban J connectivity index is 1.54. The van der Waals surface area contributed by atoms with Gasteiger partial charge in [0.15, 0.2) is 0 Å².